The van der Waals surface area contributed by atoms with E-state index >= 15 is 0 Å². The van der Waals surface area contributed by atoms with E-state index in [-0.39, 0.29) is 5.69 Å². The van der Waals surface area contributed by atoms with Gasteiger partial charge in [0.2, 0.25) is 12.2 Å². The van der Waals surface area contributed by atoms with E-state index in [1.165, 1.54) is 30.8 Å². The third-order valence-corrected chi connectivity index (χ3v) is 3.48. The summed E-state index contributed by atoms with van der Waals surface area (Å²) in [6.07, 6.45) is 4.32. The molecule has 0 unspecified atom stereocenters. The standard InChI is InChI=1S/C16H10FN5O2/c17-11-5-4-10(15-19-9-24-21-15)7-12(11)20-16(23)13-8-18-14-3-1-2-6-22(13)14/h1-9H,(H,20,23). The zero-order valence-electron chi connectivity index (χ0n) is 12.2. The van der Waals surface area contributed by atoms with Crippen LogP contribution in [0.5, 0.6) is 0 Å². The van der Waals surface area contributed by atoms with Crippen molar-refractivity contribution in [2.75, 3.05) is 5.32 Å². The maximum atomic E-state index is 14.0. The number of nitrogens with zero attached hydrogens (tertiary/aromatic N) is 4. The summed E-state index contributed by atoms with van der Waals surface area (Å²) in [4.78, 5) is 20.5. The lowest BCUT2D eigenvalue weighted by Gasteiger charge is -2.07. The Kier molecular flexibility index (Phi) is 3.27. The van der Waals surface area contributed by atoms with Gasteiger partial charge in [-0.15, -0.1) is 0 Å². The Morgan fingerprint density at radius 1 is 1.21 bits per heavy atom. The van der Waals surface area contributed by atoms with Gasteiger partial charge in [0.25, 0.3) is 5.91 Å². The average Bonchev–Trinajstić information content (AvgIpc) is 3.26. The van der Waals surface area contributed by atoms with E-state index in [9.17, 15) is 9.18 Å². The van der Waals surface area contributed by atoms with E-state index in [0.717, 1.165) is 0 Å². The number of anilines is 1. The SMILES string of the molecule is O=C(Nc1cc(-c2ncon2)ccc1F)c1cnc2ccccn12. The molecular formula is C16H10FN5O2. The van der Waals surface area contributed by atoms with Crippen molar-refractivity contribution >= 4 is 17.2 Å². The molecule has 0 radical (unpaired) electrons. The first-order chi connectivity index (χ1) is 11.7. The van der Waals surface area contributed by atoms with Gasteiger partial charge in [-0.1, -0.05) is 11.2 Å². The first kappa shape index (κ1) is 14.1. The van der Waals surface area contributed by atoms with Gasteiger partial charge in [-0.25, -0.2) is 9.37 Å². The van der Waals surface area contributed by atoms with E-state index in [2.05, 4.69) is 25.0 Å². The highest BCUT2D eigenvalue weighted by Crippen LogP contribution is 2.23. The van der Waals surface area contributed by atoms with Crippen LogP contribution in [0.3, 0.4) is 0 Å². The molecule has 4 rings (SSSR count). The third kappa shape index (κ3) is 2.39. The Morgan fingerprint density at radius 3 is 2.96 bits per heavy atom. The fraction of sp³-hybridized carbons (Fsp3) is 0. The molecule has 1 aromatic carbocycles. The summed E-state index contributed by atoms with van der Waals surface area (Å²) in [5.41, 5.74) is 1.48. The van der Waals surface area contributed by atoms with Crippen LogP contribution in [0.4, 0.5) is 10.1 Å². The van der Waals surface area contributed by atoms with Crippen molar-refractivity contribution in [3.63, 3.8) is 0 Å². The molecule has 0 aliphatic carbocycles. The molecule has 0 aliphatic heterocycles. The summed E-state index contributed by atoms with van der Waals surface area (Å²) in [5.74, 6) is -0.734. The van der Waals surface area contributed by atoms with Gasteiger partial charge < -0.3 is 9.84 Å². The molecule has 1 amide bonds. The highest BCUT2D eigenvalue weighted by atomic mass is 19.1. The molecule has 0 atom stereocenters. The van der Waals surface area contributed by atoms with Gasteiger partial charge in [-0.3, -0.25) is 9.20 Å². The fourth-order valence-electron chi connectivity index (χ4n) is 2.34. The summed E-state index contributed by atoms with van der Waals surface area (Å²) in [7, 11) is 0. The minimum absolute atomic E-state index is 0.0215. The number of aromatic nitrogens is 4. The molecule has 0 saturated heterocycles. The molecule has 118 valence electrons. The topological polar surface area (TPSA) is 85.3 Å². The van der Waals surface area contributed by atoms with Crippen molar-refractivity contribution in [2.24, 2.45) is 0 Å². The molecular weight excluding hydrogens is 313 g/mol. The van der Waals surface area contributed by atoms with E-state index in [1.54, 1.807) is 22.7 Å². The first-order valence-corrected chi connectivity index (χ1v) is 7.02. The molecule has 3 aromatic heterocycles. The lowest BCUT2D eigenvalue weighted by atomic mass is 10.2. The molecule has 24 heavy (non-hydrogen) atoms. The van der Waals surface area contributed by atoms with Crippen LogP contribution in [-0.4, -0.2) is 25.4 Å². The monoisotopic (exact) mass is 323 g/mol. The third-order valence-electron chi connectivity index (χ3n) is 3.48. The van der Waals surface area contributed by atoms with E-state index in [4.69, 9.17) is 0 Å². The summed E-state index contributed by atoms with van der Waals surface area (Å²) < 4.78 is 20.3. The second-order valence-corrected chi connectivity index (χ2v) is 4.98. The summed E-state index contributed by atoms with van der Waals surface area (Å²) >= 11 is 0. The maximum absolute atomic E-state index is 14.0. The second-order valence-electron chi connectivity index (χ2n) is 4.98. The van der Waals surface area contributed by atoms with Gasteiger partial charge in [0.15, 0.2) is 0 Å². The number of nitrogens with one attached hydrogen (secondary N) is 1. The Balaban J connectivity index is 1.67. The van der Waals surface area contributed by atoms with Crippen molar-refractivity contribution in [1.29, 1.82) is 0 Å². The van der Waals surface area contributed by atoms with Gasteiger partial charge >= 0.3 is 0 Å². The number of amides is 1. The highest BCUT2D eigenvalue weighted by molar-refractivity contribution is 6.03. The number of benzene rings is 1. The largest absolute Gasteiger partial charge is 0.342 e. The summed E-state index contributed by atoms with van der Waals surface area (Å²) in [6, 6.07) is 9.55. The first-order valence-electron chi connectivity index (χ1n) is 7.02. The van der Waals surface area contributed by atoms with E-state index < -0.39 is 11.7 Å². The molecule has 8 heteroatoms. The second kappa shape index (κ2) is 5.58. The van der Waals surface area contributed by atoms with Crippen LogP contribution in [0.15, 0.2) is 59.7 Å². The molecule has 0 fully saturated rings. The van der Waals surface area contributed by atoms with Crippen LogP contribution in [0, 0.1) is 5.82 Å². The van der Waals surface area contributed by atoms with Crippen LogP contribution >= 0.6 is 0 Å². The highest BCUT2D eigenvalue weighted by Gasteiger charge is 2.15. The lowest BCUT2D eigenvalue weighted by molar-refractivity contribution is 0.102. The van der Waals surface area contributed by atoms with Gasteiger partial charge in [0.05, 0.1) is 11.9 Å². The Bertz CT molecular complexity index is 1030. The quantitative estimate of drug-likeness (QED) is 0.626. The number of halogens is 1. The van der Waals surface area contributed by atoms with E-state index in [0.29, 0.717) is 22.7 Å². The normalized spacial score (nSPS) is 10.9. The van der Waals surface area contributed by atoms with Crippen molar-refractivity contribution in [1.82, 2.24) is 19.5 Å². The fourth-order valence-corrected chi connectivity index (χ4v) is 2.34. The Labute approximate surface area is 134 Å². The van der Waals surface area contributed by atoms with Crippen molar-refractivity contribution < 1.29 is 13.7 Å². The number of pyridine rings is 1. The zero-order chi connectivity index (χ0) is 16.5. The molecule has 0 aliphatic rings. The number of hydrogen-bond donors (Lipinski definition) is 1. The van der Waals surface area contributed by atoms with Crippen LogP contribution in [0.1, 0.15) is 10.5 Å². The number of imidazole rings is 1. The summed E-state index contributed by atoms with van der Waals surface area (Å²) in [6.45, 7) is 0. The van der Waals surface area contributed by atoms with Gasteiger partial charge in [-0.2, -0.15) is 4.98 Å². The molecule has 7 nitrogen and oxygen atoms in total. The number of hydrogen-bond acceptors (Lipinski definition) is 5. The number of carbonyl (C=O) groups excluding carboxylic acids is 1. The molecule has 0 spiro atoms. The molecule has 4 aromatic rings. The molecule has 1 N–H and O–H groups in total. The number of rotatable bonds is 3. The number of carbonyl (C=O) groups is 1. The van der Waals surface area contributed by atoms with Crippen molar-refractivity contribution in [3.8, 4) is 11.4 Å². The Hall–Kier alpha value is -3.55. The molecule has 3 heterocycles. The van der Waals surface area contributed by atoms with Crippen LogP contribution in [-0.2, 0) is 0 Å². The lowest BCUT2D eigenvalue weighted by Crippen LogP contribution is -2.15. The Morgan fingerprint density at radius 2 is 2.12 bits per heavy atom. The van der Waals surface area contributed by atoms with Crippen molar-refractivity contribution in [2.45, 2.75) is 0 Å². The van der Waals surface area contributed by atoms with Crippen molar-refractivity contribution in [3.05, 3.63) is 66.7 Å². The minimum Gasteiger partial charge on any atom is -0.342 e. The average molecular weight is 323 g/mol. The van der Waals surface area contributed by atoms with Gasteiger partial charge in [0, 0.05) is 11.8 Å². The van der Waals surface area contributed by atoms with Crippen LogP contribution < -0.4 is 5.32 Å². The minimum atomic E-state index is -0.565. The van der Waals surface area contributed by atoms with Gasteiger partial charge in [0.1, 0.15) is 17.2 Å². The molecule has 0 bridgehead atoms. The predicted molar refractivity (Wildman–Crippen MR) is 82.8 cm³/mol. The zero-order valence-corrected chi connectivity index (χ0v) is 12.2. The summed E-state index contributed by atoms with van der Waals surface area (Å²) in [5, 5.41) is 6.24. The molecule has 0 saturated carbocycles. The predicted octanol–water partition coefficient (Wildman–Crippen LogP) is 2.78. The van der Waals surface area contributed by atoms with Gasteiger partial charge in [-0.05, 0) is 30.3 Å². The number of fused-ring (bicyclic) bond motifs is 1. The van der Waals surface area contributed by atoms with E-state index in [1.807, 2.05) is 6.07 Å². The smallest absolute Gasteiger partial charge is 0.274 e. The van der Waals surface area contributed by atoms with Crippen LogP contribution in [0.2, 0.25) is 0 Å². The van der Waals surface area contributed by atoms with Crippen LogP contribution in [0.25, 0.3) is 17.0 Å². The maximum Gasteiger partial charge on any atom is 0.274 e.